The number of nitrogens with one attached hydrogen (secondary N) is 1. The van der Waals surface area contributed by atoms with Gasteiger partial charge in [-0.05, 0) is 77.0 Å². The van der Waals surface area contributed by atoms with Crippen molar-refractivity contribution in [3.8, 4) is 11.5 Å². The molecule has 2 aromatic heterocycles. The number of hydrogen-bond donors (Lipinski definition) is 2. The molecule has 2 aliphatic rings. The van der Waals surface area contributed by atoms with E-state index < -0.39 is 35.3 Å². The van der Waals surface area contributed by atoms with Gasteiger partial charge in [-0.15, -0.1) is 0 Å². The molecule has 10 nitrogen and oxygen atoms in total. The van der Waals surface area contributed by atoms with Crippen molar-refractivity contribution in [1.29, 1.82) is 0 Å². The molecule has 3 amide bonds. The number of carbonyl (C=O) groups is 2. The quantitative estimate of drug-likeness (QED) is 0.526. The third kappa shape index (κ3) is 5.71. The Kier molecular flexibility index (Phi) is 7.94. The lowest BCUT2D eigenvalue weighted by Crippen LogP contribution is -2.43. The first-order valence-electron chi connectivity index (χ1n) is 11.9. The molecule has 0 aromatic carbocycles. The third-order valence-electron chi connectivity index (χ3n) is 6.55. The second-order valence-electron chi connectivity index (χ2n) is 9.03. The first-order chi connectivity index (χ1) is 17.2. The van der Waals surface area contributed by atoms with Crippen molar-refractivity contribution in [1.82, 2.24) is 20.2 Å². The first-order valence-corrected chi connectivity index (χ1v) is 11.9. The molecule has 0 aliphatic carbocycles. The number of pyridine rings is 2. The van der Waals surface area contributed by atoms with Crippen molar-refractivity contribution in [3.63, 3.8) is 0 Å². The van der Waals surface area contributed by atoms with Crippen molar-refractivity contribution in [2.45, 2.75) is 50.8 Å². The van der Waals surface area contributed by atoms with Crippen LogP contribution in [0.4, 0.5) is 19.4 Å². The van der Waals surface area contributed by atoms with Gasteiger partial charge in [0.15, 0.2) is 23.0 Å². The van der Waals surface area contributed by atoms with E-state index in [9.17, 15) is 18.4 Å². The van der Waals surface area contributed by atoms with Gasteiger partial charge in [0.05, 0.1) is 0 Å². The summed E-state index contributed by atoms with van der Waals surface area (Å²) in [5.41, 5.74) is 5.04. The van der Waals surface area contributed by atoms with Gasteiger partial charge in [0.25, 0.3) is 5.91 Å². The molecule has 12 heteroatoms. The van der Waals surface area contributed by atoms with Crippen LogP contribution in [0.25, 0.3) is 0 Å². The van der Waals surface area contributed by atoms with Crippen LogP contribution in [0.15, 0.2) is 24.3 Å². The van der Waals surface area contributed by atoms with Crippen LogP contribution in [-0.4, -0.2) is 71.7 Å². The van der Waals surface area contributed by atoms with Crippen molar-refractivity contribution < 1.29 is 27.8 Å². The molecule has 0 radical (unpaired) electrons. The zero-order valence-corrected chi connectivity index (χ0v) is 20.2. The highest BCUT2D eigenvalue weighted by atomic mass is 19.1. The SMILES string of the molecule is CC(Oc1ccc(F)nc1N(C(N)=O)C(=O)c1nc(F)ccc1OC[C@H]1CCCN1C)[C@@H]1CCCN1. The second kappa shape index (κ2) is 11.1. The number of carbonyl (C=O) groups excluding carboxylic acids is 2. The summed E-state index contributed by atoms with van der Waals surface area (Å²) < 4.78 is 40.0. The molecule has 4 rings (SSSR count). The minimum atomic E-state index is -1.26. The predicted octanol–water partition coefficient (Wildman–Crippen LogP) is 2.47. The Morgan fingerprint density at radius 3 is 2.53 bits per heavy atom. The Hall–Kier alpha value is -3.38. The largest absolute Gasteiger partial charge is 0.489 e. The Bertz CT molecular complexity index is 1110. The van der Waals surface area contributed by atoms with Gasteiger partial charge in [0.1, 0.15) is 12.7 Å². The molecule has 2 saturated heterocycles. The number of likely N-dealkylation sites (N-methyl/N-ethyl adjacent to an activating group) is 1. The Balaban J connectivity index is 1.64. The maximum absolute atomic E-state index is 14.2. The highest BCUT2D eigenvalue weighted by Crippen LogP contribution is 2.31. The van der Waals surface area contributed by atoms with E-state index in [2.05, 4.69) is 20.2 Å². The summed E-state index contributed by atoms with van der Waals surface area (Å²) >= 11 is 0. The number of ether oxygens (including phenoxy) is 2. The van der Waals surface area contributed by atoms with E-state index in [0.717, 1.165) is 50.9 Å². The van der Waals surface area contributed by atoms with E-state index in [4.69, 9.17) is 15.2 Å². The predicted molar refractivity (Wildman–Crippen MR) is 127 cm³/mol. The van der Waals surface area contributed by atoms with Crippen LogP contribution in [0, 0.1) is 11.9 Å². The Morgan fingerprint density at radius 2 is 1.89 bits per heavy atom. The number of hydrogen-bond acceptors (Lipinski definition) is 8. The van der Waals surface area contributed by atoms with Gasteiger partial charge in [0.2, 0.25) is 11.9 Å². The third-order valence-corrected chi connectivity index (χ3v) is 6.55. The van der Waals surface area contributed by atoms with E-state index in [1.807, 2.05) is 14.0 Å². The van der Waals surface area contributed by atoms with E-state index in [1.165, 1.54) is 12.1 Å². The molecule has 3 N–H and O–H groups in total. The average Bonchev–Trinajstić information content (AvgIpc) is 3.52. The molecule has 1 unspecified atom stereocenters. The molecule has 0 spiro atoms. The van der Waals surface area contributed by atoms with Gasteiger partial charge < -0.3 is 25.4 Å². The van der Waals surface area contributed by atoms with Gasteiger partial charge >= 0.3 is 6.03 Å². The van der Waals surface area contributed by atoms with Gasteiger partial charge in [-0.3, -0.25) is 4.79 Å². The average molecular weight is 505 g/mol. The molecular weight excluding hydrogens is 474 g/mol. The van der Waals surface area contributed by atoms with Crippen LogP contribution in [-0.2, 0) is 0 Å². The number of imide groups is 1. The number of amides is 3. The lowest BCUT2D eigenvalue weighted by atomic mass is 10.1. The summed E-state index contributed by atoms with van der Waals surface area (Å²) in [6.45, 7) is 3.80. The fourth-order valence-electron chi connectivity index (χ4n) is 4.53. The van der Waals surface area contributed by atoms with Gasteiger partial charge in [-0.1, -0.05) is 0 Å². The summed E-state index contributed by atoms with van der Waals surface area (Å²) in [5, 5.41) is 3.30. The van der Waals surface area contributed by atoms with Crippen LogP contribution in [0.1, 0.15) is 43.1 Å². The van der Waals surface area contributed by atoms with Gasteiger partial charge in [0, 0.05) is 12.1 Å². The summed E-state index contributed by atoms with van der Waals surface area (Å²) in [6.07, 6.45) is 3.38. The number of anilines is 1. The number of rotatable bonds is 8. The smallest absolute Gasteiger partial charge is 0.327 e. The maximum Gasteiger partial charge on any atom is 0.327 e. The van der Waals surface area contributed by atoms with Crippen molar-refractivity contribution >= 4 is 17.8 Å². The van der Waals surface area contributed by atoms with Crippen LogP contribution in [0.3, 0.4) is 0 Å². The van der Waals surface area contributed by atoms with Crippen LogP contribution in [0.2, 0.25) is 0 Å². The molecule has 2 aliphatic heterocycles. The maximum atomic E-state index is 14.2. The molecule has 3 atom stereocenters. The van der Waals surface area contributed by atoms with Crippen LogP contribution < -0.4 is 25.4 Å². The molecule has 4 heterocycles. The van der Waals surface area contributed by atoms with Crippen LogP contribution in [0.5, 0.6) is 11.5 Å². The number of likely N-dealkylation sites (tertiary alicyclic amines) is 1. The molecule has 194 valence electrons. The minimum Gasteiger partial charge on any atom is -0.489 e. The second-order valence-corrected chi connectivity index (χ2v) is 9.03. The lowest BCUT2D eigenvalue weighted by molar-refractivity contribution is 0.0979. The molecule has 2 fully saturated rings. The topological polar surface area (TPSA) is 123 Å². The Labute approximate surface area is 207 Å². The monoisotopic (exact) mass is 504 g/mol. The first kappa shape index (κ1) is 25.7. The zero-order valence-electron chi connectivity index (χ0n) is 20.2. The summed E-state index contributed by atoms with van der Waals surface area (Å²) in [7, 11) is 1.96. The van der Waals surface area contributed by atoms with E-state index in [0.29, 0.717) is 4.90 Å². The van der Waals surface area contributed by atoms with Crippen LogP contribution >= 0.6 is 0 Å². The highest BCUT2D eigenvalue weighted by molar-refractivity contribution is 6.20. The molecule has 36 heavy (non-hydrogen) atoms. The summed E-state index contributed by atoms with van der Waals surface area (Å²) in [5.74, 6) is -3.56. The van der Waals surface area contributed by atoms with Crippen molar-refractivity contribution in [3.05, 3.63) is 41.9 Å². The molecule has 2 aromatic rings. The normalized spacial score (nSPS) is 20.8. The number of halogens is 2. The van der Waals surface area contributed by atoms with Gasteiger partial charge in [-0.25, -0.2) is 14.7 Å². The fraction of sp³-hybridized carbons (Fsp3) is 0.500. The molecule has 0 bridgehead atoms. The van der Waals surface area contributed by atoms with Crippen molar-refractivity contribution in [2.24, 2.45) is 5.73 Å². The number of aromatic nitrogens is 2. The summed E-state index contributed by atoms with van der Waals surface area (Å²) in [6, 6.07) is 3.49. The minimum absolute atomic E-state index is 0.0271. The number of urea groups is 1. The van der Waals surface area contributed by atoms with Gasteiger partial charge in [-0.2, -0.15) is 13.8 Å². The van der Waals surface area contributed by atoms with Crippen molar-refractivity contribution in [2.75, 3.05) is 31.6 Å². The molecule has 0 saturated carbocycles. The lowest BCUT2D eigenvalue weighted by Gasteiger charge is -2.25. The van der Waals surface area contributed by atoms with E-state index in [-0.39, 0.29) is 36.3 Å². The highest BCUT2D eigenvalue weighted by Gasteiger charge is 2.33. The fourth-order valence-corrected chi connectivity index (χ4v) is 4.53. The number of nitrogens with two attached hydrogens (primary N) is 1. The number of primary amides is 1. The Morgan fingerprint density at radius 1 is 1.17 bits per heavy atom. The van der Waals surface area contributed by atoms with E-state index in [1.54, 1.807) is 0 Å². The standard InChI is InChI=1S/C24H30F2N6O4/c1-14(16-6-3-11-28-16)36-18-8-10-20(26)30-22(18)32(24(27)34)23(33)21-17(7-9-19(25)29-21)35-13-15-5-4-12-31(15)2/h7-10,14-16,28H,3-6,11-13H2,1-2H3,(H2,27,34)/t14?,15-,16+/m1/s1. The molecular formula is C24H30F2N6O4. The zero-order chi connectivity index (χ0) is 25.8. The van der Waals surface area contributed by atoms with E-state index >= 15 is 0 Å². The summed E-state index contributed by atoms with van der Waals surface area (Å²) in [4.78, 5) is 35.9. The number of nitrogens with zero attached hydrogens (tertiary/aromatic N) is 4.